The van der Waals surface area contributed by atoms with E-state index in [1.807, 2.05) is 0 Å². The third kappa shape index (κ3) is 2.94. The van der Waals surface area contributed by atoms with Gasteiger partial charge in [-0.3, -0.25) is 0 Å². The van der Waals surface area contributed by atoms with E-state index in [0.717, 1.165) is 43.0 Å². The van der Waals surface area contributed by atoms with Crippen molar-refractivity contribution in [1.29, 1.82) is 0 Å². The van der Waals surface area contributed by atoms with Crippen LogP contribution >= 0.6 is 0 Å². The highest BCUT2D eigenvalue weighted by atomic mass is 16.5. The molecule has 2 N–H and O–H groups in total. The third-order valence-electron chi connectivity index (χ3n) is 3.13. The van der Waals surface area contributed by atoms with Gasteiger partial charge in [0.15, 0.2) is 0 Å². The van der Waals surface area contributed by atoms with E-state index < -0.39 is 0 Å². The van der Waals surface area contributed by atoms with Crippen molar-refractivity contribution in [3.8, 4) is 11.5 Å². The molecular formula is C14H21NO3. The summed E-state index contributed by atoms with van der Waals surface area (Å²) in [6.07, 6.45) is 1.97. The summed E-state index contributed by atoms with van der Waals surface area (Å²) in [5.74, 6) is 1.88. The van der Waals surface area contributed by atoms with Gasteiger partial charge in [0.2, 0.25) is 0 Å². The van der Waals surface area contributed by atoms with Crippen LogP contribution in [0.1, 0.15) is 24.5 Å². The van der Waals surface area contributed by atoms with Crippen LogP contribution in [-0.2, 0) is 13.0 Å². The van der Waals surface area contributed by atoms with Crippen LogP contribution in [0.15, 0.2) is 12.1 Å². The molecule has 1 unspecified atom stereocenters. The SMILES string of the molecule is COc1cc2c(cc1CNCCCO)OC(C)C2. The average molecular weight is 251 g/mol. The topological polar surface area (TPSA) is 50.7 Å². The van der Waals surface area contributed by atoms with Crippen molar-refractivity contribution in [2.75, 3.05) is 20.3 Å². The van der Waals surface area contributed by atoms with Gasteiger partial charge in [0.25, 0.3) is 0 Å². The fourth-order valence-corrected chi connectivity index (χ4v) is 2.24. The van der Waals surface area contributed by atoms with Gasteiger partial charge < -0.3 is 19.9 Å². The molecule has 0 saturated carbocycles. The van der Waals surface area contributed by atoms with Gasteiger partial charge in [-0.25, -0.2) is 0 Å². The van der Waals surface area contributed by atoms with Crippen molar-refractivity contribution < 1.29 is 14.6 Å². The number of nitrogens with one attached hydrogen (secondary N) is 1. The van der Waals surface area contributed by atoms with Crippen molar-refractivity contribution in [3.05, 3.63) is 23.3 Å². The van der Waals surface area contributed by atoms with Crippen LogP contribution in [0.5, 0.6) is 11.5 Å². The van der Waals surface area contributed by atoms with Crippen molar-refractivity contribution in [3.63, 3.8) is 0 Å². The molecule has 1 aromatic rings. The molecule has 4 nitrogen and oxygen atoms in total. The quantitative estimate of drug-likeness (QED) is 0.752. The molecule has 0 radical (unpaired) electrons. The molecule has 0 bridgehead atoms. The largest absolute Gasteiger partial charge is 0.496 e. The van der Waals surface area contributed by atoms with Crippen molar-refractivity contribution in [2.45, 2.75) is 32.4 Å². The Bertz CT molecular complexity index is 406. The molecule has 0 spiro atoms. The number of fused-ring (bicyclic) bond motifs is 1. The summed E-state index contributed by atoms with van der Waals surface area (Å²) < 4.78 is 11.2. The van der Waals surface area contributed by atoms with Crippen molar-refractivity contribution in [1.82, 2.24) is 5.32 Å². The second kappa shape index (κ2) is 6.07. The van der Waals surface area contributed by atoms with E-state index in [4.69, 9.17) is 14.6 Å². The molecule has 0 amide bonds. The van der Waals surface area contributed by atoms with Crippen molar-refractivity contribution >= 4 is 0 Å². The summed E-state index contributed by atoms with van der Waals surface area (Å²) in [5.41, 5.74) is 2.32. The Morgan fingerprint density at radius 3 is 3.06 bits per heavy atom. The molecule has 0 aromatic heterocycles. The third-order valence-corrected chi connectivity index (χ3v) is 3.13. The molecule has 1 aromatic carbocycles. The van der Waals surface area contributed by atoms with Gasteiger partial charge >= 0.3 is 0 Å². The minimum Gasteiger partial charge on any atom is -0.496 e. The highest BCUT2D eigenvalue weighted by Crippen LogP contribution is 2.34. The molecule has 4 heteroatoms. The van der Waals surface area contributed by atoms with Gasteiger partial charge in [-0.05, 0) is 32.0 Å². The monoisotopic (exact) mass is 251 g/mol. The first kappa shape index (κ1) is 13.2. The number of methoxy groups -OCH3 is 1. The normalized spacial score (nSPS) is 17.4. The molecule has 1 heterocycles. The van der Waals surface area contributed by atoms with Crippen LogP contribution in [0.3, 0.4) is 0 Å². The minimum absolute atomic E-state index is 0.217. The molecule has 18 heavy (non-hydrogen) atoms. The van der Waals surface area contributed by atoms with Crippen LogP contribution < -0.4 is 14.8 Å². The molecule has 2 rings (SSSR count). The summed E-state index contributed by atoms with van der Waals surface area (Å²) in [7, 11) is 1.69. The molecule has 0 aliphatic carbocycles. The predicted molar refractivity (Wildman–Crippen MR) is 70.2 cm³/mol. The maximum atomic E-state index is 8.74. The van der Waals surface area contributed by atoms with Gasteiger partial charge in [0, 0.05) is 30.7 Å². The zero-order valence-electron chi connectivity index (χ0n) is 11.0. The average Bonchev–Trinajstić information content (AvgIpc) is 2.72. The summed E-state index contributed by atoms with van der Waals surface area (Å²) in [6.45, 7) is 3.82. The number of hydrogen-bond donors (Lipinski definition) is 2. The molecule has 100 valence electrons. The summed E-state index contributed by atoms with van der Waals surface area (Å²) in [6, 6.07) is 4.13. The predicted octanol–water partition coefficient (Wildman–Crippen LogP) is 1.49. The molecule has 0 saturated heterocycles. The van der Waals surface area contributed by atoms with Gasteiger partial charge in [0.05, 0.1) is 7.11 Å². The van der Waals surface area contributed by atoms with Gasteiger partial charge in [-0.1, -0.05) is 0 Å². The second-order valence-corrected chi connectivity index (χ2v) is 4.66. The molecule has 0 fully saturated rings. The molecular weight excluding hydrogens is 230 g/mol. The fourth-order valence-electron chi connectivity index (χ4n) is 2.24. The Balaban J connectivity index is 2.07. The van der Waals surface area contributed by atoms with Crippen LogP contribution in [0.2, 0.25) is 0 Å². The lowest BCUT2D eigenvalue weighted by Crippen LogP contribution is -2.16. The fraction of sp³-hybridized carbons (Fsp3) is 0.571. The van der Waals surface area contributed by atoms with Gasteiger partial charge in [0.1, 0.15) is 17.6 Å². The Labute approximate surface area is 108 Å². The zero-order chi connectivity index (χ0) is 13.0. The Morgan fingerprint density at radius 2 is 2.33 bits per heavy atom. The van der Waals surface area contributed by atoms with E-state index in [9.17, 15) is 0 Å². The standard InChI is InChI=1S/C14H21NO3/c1-10-6-11-7-13(17-2)12(8-14(11)18-10)9-15-4-3-5-16/h7-8,10,15-16H,3-6,9H2,1-2H3. The van der Waals surface area contributed by atoms with Gasteiger partial charge in [-0.2, -0.15) is 0 Å². The Morgan fingerprint density at radius 1 is 1.50 bits per heavy atom. The molecule has 1 aliphatic rings. The molecule has 1 atom stereocenters. The number of hydrogen-bond acceptors (Lipinski definition) is 4. The molecule has 1 aliphatic heterocycles. The lowest BCUT2D eigenvalue weighted by atomic mass is 10.1. The number of ether oxygens (including phenoxy) is 2. The first-order chi connectivity index (χ1) is 8.74. The van der Waals surface area contributed by atoms with Crippen molar-refractivity contribution in [2.24, 2.45) is 0 Å². The Kier molecular flexibility index (Phi) is 4.44. The Hall–Kier alpha value is -1.26. The lowest BCUT2D eigenvalue weighted by Gasteiger charge is -2.11. The lowest BCUT2D eigenvalue weighted by molar-refractivity contribution is 0.254. The maximum Gasteiger partial charge on any atom is 0.123 e. The van der Waals surface area contributed by atoms with E-state index in [1.165, 1.54) is 5.56 Å². The summed E-state index contributed by atoms with van der Waals surface area (Å²) in [4.78, 5) is 0. The van der Waals surface area contributed by atoms with Crippen LogP contribution in [-0.4, -0.2) is 31.5 Å². The first-order valence-electron chi connectivity index (χ1n) is 6.42. The van der Waals surface area contributed by atoms with E-state index in [0.29, 0.717) is 0 Å². The number of aliphatic hydroxyl groups excluding tert-OH is 1. The van der Waals surface area contributed by atoms with Gasteiger partial charge in [-0.15, -0.1) is 0 Å². The van der Waals surface area contributed by atoms with E-state index >= 15 is 0 Å². The maximum absolute atomic E-state index is 8.74. The minimum atomic E-state index is 0.217. The first-order valence-corrected chi connectivity index (χ1v) is 6.42. The van der Waals surface area contributed by atoms with E-state index in [1.54, 1.807) is 7.11 Å². The number of aliphatic hydroxyl groups is 1. The number of rotatable bonds is 6. The van der Waals surface area contributed by atoms with Crippen LogP contribution in [0, 0.1) is 0 Å². The zero-order valence-corrected chi connectivity index (χ0v) is 11.0. The summed E-state index contributed by atoms with van der Waals surface area (Å²) in [5, 5.41) is 12.0. The smallest absolute Gasteiger partial charge is 0.123 e. The van der Waals surface area contributed by atoms with Crippen LogP contribution in [0.4, 0.5) is 0 Å². The van der Waals surface area contributed by atoms with Crippen LogP contribution in [0.25, 0.3) is 0 Å². The highest BCUT2D eigenvalue weighted by molar-refractivity contribution is 5.48. The summed E-state index contributed by atoms with van der Waals surface area (Å²) >= 11 is 0. The van der Waals surface area contributed by atoms with E-state index in [-0.39, 0.29) is 12.7 Å². The highest BCUT2D eigenvalue weighted by Gasteiger charge is 2.21. The second-order valence-electron chi connectivity index (χ2n) is 4.66. The van der Waals surface area contributed by atoms with E-state index in [2.05, 4.69) is 24.4 Å². The number of benzene rings is 1.